The van der Waals surface area contributed by atoms with E-state index in [1.807, 2.05) is 6.07 Å². The van der Waals surface area contributed by atoms with Crippen LogP contribution in [0.15, 0.2) is 36.5 Å². The van der Waals surface area contributed by atoms with Gasteiger partial charge in [-0.25, -0.2) is 4.39 Å². The molecule has 19 heavy (non-hydrogen) atoms. The number of pyridine rings is 1. The van der Waals surface area contributed by atoms with Gasteiger partial charge in [-0.1, -0.05) is 6.07 Å². The van der Waals surface area contributed by atoms with E-state index < -0.39 is 5.82 Å². The Kier molecular flexibility index (Phi) is 4.06. The Morgan fingerprint density at radius 3 is 2.74 bits per heavy atom. The lowest BCUT2D eigenvalue weighted by atomic mass is 10.1. The Hall–Kier alpha value is -2.45. The lowest BCUT2D eigenvalue weighted by Crippen LogP contribution is -2.00. The third-order valence-electron chi connectivity index (χ3n) is 2.54. The molecular formula is C14H11FN2O2. The quantitative estimate of drug-likeness (QED) is 0.912. The van der Waals surface area contributed by atoms with Crippen LogP contribution in [0.4, 0.5) is 4.39 Å². The number of ether oxygens (including phenoxy) is 1. The first-order valence-corrected chi connectivity index (χ1v) is 5.60. The van der Waals surface area contributed by atoms with Gasteiger partial charge in [0.2, 0.25) is 0 Å². The van der Waals surface area contributed by atoms with Crippen molar-refractivity contribution >= 4 is 0 Å². The van der Waals surface area contributed by atoms with E-state index in [-0.39, 0.29) is 18.8 Å². The lowest BCUT2D eigenvalue weighted by Gasteiger charge is -2.07. The van der Waals surface area contributed by atoms with Crippen LogP contribution in [0.1, 0.15) is 16.8 Å². The van der Waals surface area contributed by atoms with Gasteiger partial charge in [-0.2, -0.15) is 5.26 Å². The molecule has 0 aliphatic carbocycles. The predicted molar refractivity (Wildman–Crippen MR) is 65.6 cm³/mol. The maximum absolute atomic E-state index is 13.6. The highest BCUT2D eigenvalue weighted by molar-refractivity contribution is 5.33. The van der Waals surface area contributed by atoms with Gasteiger partial charge in [-0.05, 0) is 24.3 Å². The van der Waals surface area contributed by atoms with Crippen molar-refractivity contribution in [2.45, 2.75) is 13.2 Å². The Labute approximate surface area is 109 Å². The Balaban J connectivity index is 2.04. The highest BCUT2D eigenvalue weighted by Crippen LogP contribution is 2.15. The second-order valence-corrected chi connectivity index (χ2v) is 3.85. The molecule has 96 valence electrons. The molecule has 0 unspecified atom stereocenters. The predicted octanol–water partition coefficient (Wildman–Crippen LogP) is 2.16. The van der Waals surface area contributed by atoms with Crippen molar-refractivity contribution in [2.24, 2.45) is 0 Å². The molecule has 1 N–H and O–H groups in total. The third kappa shape index (κ3) is 3.27. The zero-order chi connectivity index (χ0) is 13.7. The van der Waals surface area contributed by atoms with Crippen LogP contribution in [0.2, 0.25) is 0 Å². The molecule has 0 fully saturated rings. The molecule has 0 spiro atoms. The van der Waals surface area contributed by atoms with E-state index in [0.717, 1.165) is 0 Å². The molecule has 0 saturated heterocycles. The summed E-state index contributed by atoms with van der Waals surface area (Å²) < 4.78 is 19.0. The van der Waals surface area contributed by atoms with Gasteiger partial charge >= 0.3 is 0 Å². The van der Waals surface area contributed by atoms with E-state index in [1.54, 1.807) is 12.1 Å². The maximum Gasteiger partial charge on any atom is 0.138 e. The maximum atomic E-state index is 13.6. The number of aliphatic hydroxyl groups excluding tert-OH is 1. The average molecular weight is 258 g/mol. The van der Waals surface area contributed by atoms with Crippen LogP contribution < -0.4 is 4.74 Å². The van der Waals surface area contributed by atoms with Crippen molar-refractivity contribution in [1.82, 2.24) is 4.98 Å². The first kappa shape index (κ1) is 13.0. The van der Waals surface area contributed by atoms with Gasteiger partial charge < -0.3 is 9.84 Å². The molecule has 0 saturated carbocycles. The zero-order valence-corrected chi connectivity index (χ0v) is 10.0. The standard InChI is InChI=1S/C14H11FN2O2/c15-14-5-10(6-16)1-2-11(14)9-19-13-4-3-12(8-18)17-7-13/h1-5,7,18H,8-9H2. The summed E-state index contributed by atoms with van der Waals surface area (Å²) in [5, 5.41) is 17.5. The number of nitrogens with zero attached hydrogens (tertiary/aromatic N) is 2. The van der Waals surface area contributed by atoms with Crippen molar-refractivity contribution in [3.8, 4) is 11.8 Å². The molecular weight excluding hydrogens is 247 g/mol. The Morgan fingerprint density at radius 2 is 2.16 bits per heavy atom. The van der Waals surface area contributed by atoms with E-state index >= 15 is 0 Å². The second kappa shape index (κ2) is 5.94. The number of benzene rings is 1. The topological polar surface area (TPSA) is 66.1 Å². The van der Waals surface area contributed by atoms with Crippen molar-refractivity contribution < 1.29 is 14.2 Å². The van der Waals surface area contributed by atoms with E-state index in [1.165, 1.54) is 24.4 Å². The van der Waals surface area contributed by atoms with E-state index in [2.05, 4.69) is 4.98 Å². The van der Waals surface area contributed by atoms with Crippen molar-refractivity contribution in [3.63, 3.8) is 0 Å². The fourth-order valence-corrected chi connectivity index (χ4v) is 1.48. The van der Waals surface area contributed by atoms with Gasteiger partial charge in [0, 0.05) is 5.56 Å². The van der Waals surface area contributed by atoms with Gasteiger partial charge in [0.25, 0.3) is 0 Å². The van der Waals surface area contributed by atoms with Crippen LogP contribution in [0.25, 0.3) is 0 Å². The van der Waals surface area contributed by atoms with Crippen LogP contribution in [0.5, 0.6) is 5.75 Å². The van der Waals surface area contributed by atoms with Crippen LogP contribution in [0.3, 0.4) is 0 Å². The minimum atomic E-state index is -0.473. The molecule has 4 nitrogen and oxygen atoms in total. The summed E-state index contributed by atoms with van der Waals surface area (Å²) >= 11 is 0. The molecule has 0 radical (unpaired) electrons. The number of aromatic nitrogens is 1. The van der Waals surface area contributed by atoms with Crippen LogP contribution in [-0.4, -0.2) is 10.1 Å². The summed E-state index contributed by atoms with van der Waals surface area (Å²) in [5.74, 6) is 0.0138. The number of hydrogen-bond acceptors (Lipinski definition) is 4. The minimum absolute atomic E-state index is 0.0533. The first-order valence-electron chi connectivity index (χ1n) is 5.60. The summed E-state index contributed by atoms with van der Waals surface area (Å²) in [7, 11) is 0. The van der Waals surface area contributed by atoms with E-state index in [4.69, 9.17) is 15.1 Å². The highest BCUT2D eigenvalue weighted by Gasteiger charge is 2.05. The van der Waals surface area contributed by atoms with Gasteiger partial charge in [-0.15, -0.1) is 0 Å². The smallest absolute Gasteiger partial charge is 0.138 e. The van der Waals surface area contributed by atoms with Crippen LogP contribution in [0, 0.1) is 17.1 Å². The summed E-state index contributed by atoms with van der Waals surface area (Å²) in [6.45, 7) is -0.0811. The summed E-state index contributed by atoms with van der Waals surface area (Å²) in [5.41, 5.74) is 1.18. The van der Waals surface area contributed by atoms with Crippen molar-refractivity contribution in [3.05, 3.63) is 59.2 Å². The van der Waals surface area contributed by atoms with E-state index in [9.17, 15) is 4.39 Å². The largest absolute Gasteiger partial charge is 0.487 e. The van der Waals surface area contributed by atoms with Gasteiger partial charge in [0.1, 0.15) is 18.2 Å². The third-order valence-corrected chi connectivity index (χ3v) is 2.54. The number of hydrogen-bond donors (Lipinski definition) is 1. The molecule has 1 aromatic carbocycles. The molecule has 0 amide bonds. The minimum Gasteiger partial charge on any atom is -0.487 e. The molecule has 1 heterocycles. The fraction of sp³-hybridized carbons (Fsp3) is 0.143. The molecule has 2 rings (SSSR count). The Bertz CT molecular complexity index is 606. The monoisotopic (exact) mass is 258 g/mol. The molecule has 2 aromatic rings. The summed E-state index contributed by atoms with van der Waals surface area (Å²) in [6, 6.07) is 9.38. The zero-order valence-electron chi connectivity index (χ0n) is 10.0. The molecule has 1 aromatic heterocycles. The fourth-order valence-electron chi connectivity index (χ4n) is 1.48. The molecule has 0 atom stereocenters. The highest BCUT2D eigenvalue weighted by atomic mass is 19.1. The lowest BCUT2D eigenvalue weighted by molar-refractivity contribution is 0.274. The average Bonchev–Trinajstić information content (AvgIpc) is 2.46. The SMILES string of the molecule is N#Cc1ccc(COc2ccc(CO)nc2)c(F)c1. The summed E-state index contributed by atoms with van der Waals surface area (Å²) in [4.78, 5) is 3.95. The number of aliphatic hydroxyl groups is 1. The van der Waals surface area contributed by atoms with E-state index in [0.29, 0.717) is 17.0 Å². The molecule has 0 bridgehead atoms. The molecule has 0 aliphatic heterocycles. The molecule has 0 aliphatic rings. The number of nitriles is 1. The normalized spacial score (nSPS) is 9.95. The molecule has 5 heteroatoms. The second-order valence-electron chi connectivity index (χ2n) is 3.85. The summed E-state index contributed by atoms with van der Waals surface area (Å²) in [6.07, 6.45) is 1.47. The van der Waals surface area contributed by atoms with Gasteiger partial charge in [-0.3, -0.25) is 4.98 Å². The Morgan fingerprint density at radius 1 is 1.32 bits per heavy atom. The first-order chi connectivity index (χ1) is 9.22. The van der Waals surface area contributed by atoms with Gasteiger partial charge in [0.15, 0.2) is 0 Å². The number of rotatable bonds is 4. The van der Waals surface area contributed by atoms with Crippen LogP contribution in [-0.2, 0) is 13.2 Å². The van der Waals surface area contributed by atoms with Gasteiger partial charge in [0.05, 0.1) is 30.1 Å². The van der Waals surface area contributed by atoms with Crippen LogP contribution >= 0.6 is 0 Å². The van der Waals surface area contributed by atoms with Crippen molar-refractivity contribution in [1.29, 1.82) is 5.26 Å². The van der Waals surface area contributed by atoms with Crippen molar-refractivity contribution in [2.75, 3.05) is 0 Å². The number of halogens is 1.